The minimum absolute atomic E-state index is 0.212. The number of anilines is 1. The first-order valence-electron chi connectivity index (χ1n) is 6.31. The van der Waals surface area contributed by atoms with E-state index in [1.54, 1.807) is 25.3 Å². The Balaban J connectivity index is 2.09. The predicted molar refractivity (Wildman–Crippen MR) is 70.9 cm³/mol. The standard InChI is InChI=1S/C15H18FNO/c1-10-3-6-15(18)12(7-10)9-17-13-4-5-14(16)11(2)8-13/h4-5,8-10,17H,3,6-7H2,1-2H3. The number of aryl methyl sites for hydroxylation is 1. The molecule has 0 aliphatic heterocycles. The van der Waals surface area contributed by atoms with Gasteiger partial charge in [-0.2, -0.15) is 0 Å². The van der Waals surface area contributed by atoms with Gasteiger partial charge in [0.1, 0.15) is 5.82 Å². The molecule has 0 spiro atoms. The molecule has 1 saturated carbocycles. The third-order valence-corrected chi connectivity index (χ3v) is 3.36. The molecule has 1 aromatic rings. The largest absolute Gasteiger partial charge is 0.361 e. The van der Waals surface area contributed by atoms with Crippen LogP contribution in [0.2, 0.25) is 0 Å². The summed E-state index contributed by atoms with van der Waals surface area (Å²) in [6.07, 6.45) is 4.21. The second-order valence-corrected chi connectivity index (χ2v) is 5.05. The summed E-state index contributed by atoms with van der Waals surface area (Å²) in [5, 5.41) is 3.08. The summed E-state index contributed by atoms with van der Waals surface area (Å²) in [5.74, 6) is 0.570. The van der Waals surface area contributed by atoms with E-state index < -0.39 is 0 Å². The summed E-state index contributed by atoms with van der Waals surface area (Å²) in [7, 11) is 0. The molecular formula is C15H18FNO. The number of benzene rings is 1. The average molecular weight is 247 g/mol. The first kappa shape index (κ1) is 12.8. The molecule has 3 heteroatoms. The van der Waals surface area contributed by atoms with Crippen molar-refractivity contribution in [1.29, 1.82) is 0 Å². The molecule has 1 aliphatic rings. The number of hydrogen-bond acceptors (Lipinski definition) is 2. The Morgan fingerprint density at radius 1 is 1.44 bits per heavy atom. The van der Waals surface area contributed by atoms with Gasteiger partial charge in [0.25, 0.3) is 0 Å². The highest BCUT2D eigenvalue weighted by atomic mass is 19.1. The fourth-order valence-corrected chi connectivity index (χ4v) is 2.17. The van der Waals surface area contributed by atoms with Crippen molar-refractivity contribution >= 4 is 11.5 Å². The number of Topliss-reactive ketones (excluding diaryl/α,β-unsaturated/α-hetero) is 1. The minimum atomic E-state index is -0.212. The maximum Gasteiger partial charge on any atom is 0.160 e. The number of allylic oxidation sites excluding steroid dienone is 1. The van der Waals surface area contributed by atoms with E-state index in [1.807, 2.05) is 0 Å². The Labute approximate surface area is 107 Å². The molecule has 1 fully saturated rings. The summed E-state index contributed by atoms with van der Waals surface area (Å²) in [6, 6.07) is 4.85. The van der Waals surface area contributed by atoms with Crippen LogP contribution in [0.4, 0.5) is 10.1 Å². The number of halogens is 1. The Bertz CT molecular complexity index is 493. The normalized spacial score (nSPS) is 22.3. The van der Waals surface area contributed by atoms with Crippen LogP contribution < -0.4 is 5.32 Å². The summed E-state index contributed by atoms with van der Waals surface area (Å²) < 4.78 is 13.1. The number of carbonyl (C=O) groups excluding carboxylic acids is 1. The fourth-order valence-electron chi connectivity index (χ4n) is 2.17. The van der Waals surface area contributed by atoms with Crippen LogP contribution in [0.5, 0.6) is 0 Å². The fraction of sp³-hybridized carbons (Fsp3) is 0.400. The maximum atomic E-state index is 13.1. The number of hydrogen-bond donors (Lipinski definition) is 1. The van der Waals surface area contributed by atoms with Crippen LogP contribution in [0.1, 0.15) is 31.7 Å². The van der Waals surface area contributed by atoms with Crippen molar-refractivity contribution in [3.05, 3.63) is 41.4 Å². The third kappa shape index (κ3) is 2.97. The molecule has 1 unspecified atom stereocenters. The van der Waals surface area contributed by atoms with Crippen LogP contribution in [-0.2, 0) is 4.79 Å². The van der Waals surface area contributed by atoms with E-state index in [9.17, 15) is 9.18 Å². The lowest BCUT2D eigenvalue weighted by Gasteiger charge is -2.19. The van der Waals surface area contributed by atoms with E-state index in [2.05, 4.69) is 12.2 Å². The molecule has 1 atom stereocenters. The van der Waals surface area contributed by atoms with E-state index in [0.29, 0.717) is 17.9 Å². The highest BCUT2D eigenvalue weighted by Crippen LogP contribution is 2.25. The average Bonchev–Trinajstić information content (AvgIpc) is 2.34. The number of rotatable bonds is 2. The molecular weight excluding hydrogens is 229 g/mol. The molecule has 2 rings (SSSR count). The van der Waals surface area contributed by atoms with Gasteiger partial charge in [-0.25, -0.2) is 4.39 Å². The van der Waals surface area contributed by atoms with Crippen LogP contribution in [0, 0.1) is 18.7 Å². The molecule has 0 bridgehead atoms. The first-order chi connectivity index (χ1) is 8.56. The Morgan fingerprint density at radius 3 is 2.94 bits per heavy atom. The monoisotopic (exact) mass is 247 g/mol. The lowest BCUT2D eigenvalue weighted by atomic mass is 9.86. The molecule has 1 aromatic carbocycles. The molecule has 0 amide bonds. The molecule has 96 valence electrons. The van der Waals surface area contributed by atoms with E-state index in [4.69, 9.17) is 0 Å². The minimum Gasteiger partial charge on any atom is -0.361 e. The van der Waals surface area contributed by atoms with Gasteiger partial charge >= 0.3 is 0 Å². The Morgan fingerprint density at radius 2 is 2.22 bits per heavy atom. The van der Waals surface area contributed by atoms with Crippen molar-refractivity contribution in [3.8, 4) is 0 Å². The van der Waals surface area contributed by atoms with Gasteiger partial charge in [-0.1, -0.05) is 6.92 Å². The molecule has 0 aromatic heterocycles. The highest BCUT2D eigenvalue weighted by molar-refractivity contribution is 5.96. The zero-order valence-electron chi connectivity index (χ0n) is 10.8. The number of nitrogens with one attached hydrogen (secondary N) is 1. The van der Waals surface area contributed by atoms with Crippen molar-refractivity contribution in [1.82, 2.24) is 0 Å². The zero-order valence-corrected chi connectivity index (χ0v) is 10.8. The third-order valence-electron chi connectivity index (χ3n) is 3.36. The van der Waals surface area contributed by atoms with Gasteiger partial charge < -0.3 is 5.32 Å². The SMILES string of the molecule is Cc1cc(NC=C2CC(C)CCC2=O)ccc1F. The van der Waals surface area contributed by atoms with Crippen LogP contribution in [0.15, 0.2) is 30.0 Å². The second-order valence-electron chi connectivity index (χ2n) is 5.05. The zero-order chi connectivity index (χ0) is 13.1. The van der Waals surface area contributed by atoms with Crippen LogP contribution in [0.3, 0.4) is 0 Å². The summed E-state index contributed by atoms with van der Waals surface area (Å²) in [6.45, 7) is 3.88. The molecule has 1 aliphatic carbocycles. The molecule has 18 heavy (non-hydrogen) atoms. The lowest BCUT2D eigenvalue weighted by Crippen LogP contribution is -2.15. The first-order valence-corrected chi connectivity index (χ1v) is 6.31. The van der Waals surface area contributed by atoms with E-state index >= 15 is 0 Å². The summed E-state index contributed by atoms with van der Waals surface area (Å²) in [5.41, 5.74) is 2.25. The maximum absolute atomic E-state index is 13.1. The van der Waals surface area contributed by atoms with Gasteiger partial charge in [-0.15, -0.1) is 0 Å². The molecule has 2 nitrogen and oxygen atoms in total. The molecule has 1 N–H and O–H groups in total. The van der Waals surface area contributed by atoms with Gasteiger partial charge in [-0.3, -0.25) is 4.79 Å². The lowest BCUT2D eigenvalue weighted by molar-refractivity contribution is -0.116. The summed E-state index contributed by atoms with van der Waals surface area (Å²) >= 11 is 0. The van der Waals surface area contributed by atoms with E-state index in [1.165, 1.54) is 6.07 Å². The Kier molecular flexibility index (Phi) is 3.80. The highest BCUT2D eigenvalue weighted by Gasteiger charge is 2.19. The van der Waals surface area contributed by atoms with Crippen molar-refractivity contribution in [2.24, 2.45) is 5.92 Å². The molecule has 0 heterocycles. The predicted octanol–water partition coefficient (Wildman–Crippen LogP) is 3.82. The van der Waals surface area contributed by atoms with Crippen LogP contribution in [-0.4, -0.2) is 5.78 Å². The van der Waals surface area contributed by atoms with Crippen molar-refractivity contribution in [3.63, 3.8) is 0 Å². The summed E-state index contributed by atoms with van der Waals surface area (Å²) in [4.78, 5) is 11.7. The quantitative estimate of drug-likeness (QED) is 0.805. The Hall–Kier alpha value is -1.64. The van der Waals surface area contributed by atoms with Gasteiger partial charge in [0, 0.05) is 23.9 Å². The molecule has 0 radical (unpaired) electrons. The van der Waals surface area contributed by atoms with Crippen LogP contribution in [0.25, 0.3) is 0 Å². The number of carbonyl (C=O) groups is 1. The second kappa shape index (κ2) is 5.34. The van der Waals surface area contributed by atoms with Gasteiger partial charge in [0.2, 0.25) is 0 Å². The van der Waals surface area contributed by atoms with Crippen LogP contribution >= 0.6 is 0 Å². The topological polar surface area (TPSA) is 29.1 Å². The van der Waals surface area contributed by atoms with Gasteiger partial charge in [-0.05, 0) is 49.4 Å². The van der Waals surface area contributed by atoms with Gasteiger partial charge in [0.05, 0.1) is 0 Å². The smallest absolute Gasteiger partial charge is 0.160 e. The van der Waals surface area contributed by atoms with Crippen molar-refractivity contribution in [2.75, 3.05) is 5.32 Å². The molecule has 0 saturated heterocycles. The number of ketones is 1. The van der Waals surface area contributed by atoms with Gasteiger partial charge in [0.15, 0.2) is 5.78 Å². The van der Waals surface area contributed by atoms with Crippen molar-refractivity contribution < 1.29 is 9.18 Å². The van der Waals surface area contributed by atoms with E-state index in [0.717, 1.165) is 24.1 Å². The van der Waals surface area contributed by atoms with E-state index in [-0.39, 0.29) is 11.6 Å². The van der Waals surface area contributed by atoms with Crippen molar-refractivity contribution in [2.45, 2.75) is 33.1 Å².